The summed E-state index contributed by atoms with van der Waals surface area (Å²) < 4.78 is 0. The van der Waals surface area contributed by atoms with Gasteiger partial charge in [0.15, 0.2) is 0 Å². The van der Waals surface area contributed by atoms with Gasteiger partial charge in [0.1, 0.15) is 5.92 Å². The number of amides is 1. The number of hydrogen-bond acceptors (Lipinski definition) is 3. The number of rotatable bonds is 4. The zero-order chi connectivity index (χ0) is 13.1. The first-order chi connectivity index (χ1) is 8.63. The summed E-state index contributed by atoms with van der Waals surface area (Å²) >= 11 is 0. The van der Waals surface area contributed by atoms with Crippen molar-refractivity contribution < 1.29 is 9.72 Å². The van der Waals surface area contributed by atoms with Crippen LogP contribution < -0.4 is 5.32 Å². The largest absolute Gasteiger partial charge is 0.346 e. The summed E-state index contributed by atoms with van der Waals surface area (Å²) in [6, 6.07) is 8.26. The molecule has 0 aromatic heterocycles. The summed E-state index contributed by atoms with van der Waals surface area (Å²) in [5.74, 6) is -0.764. The molecule has 1 aromatic carbocycles. The molecular formula is C13H16N2O3. The second kappa shape index (κ2) is 5.16. The van der Waals surface area contributed by atoms with E-state index in [1.165, 1.54) is 0 Å². The molecular weight excluding hydrogens is 232 g/mol. The Labute approximate surface area is 105 Å². The number of carbonyl (C=O) groups is 1. The van der Waals surface area contributed by atoms with Gasteiger partial charge in [0, 0.05) is 4.92 Å². The molecule has 1 aliphatic heterocycles. The van der Waals surface area contributed by atoms with Gasteiger partial charge in [0.05, 0.1) is 6.04 Å². The van der Waals surface area contributed by atoms with Gasteiger partial charge >= 0.3 is 0 Å². The van der Waals surface area contributed by atoms with Crippen LogP contribution >= 0.6 is 0 Å². The van der Waals surface area contributed by atoms with Crippen molar-refractivity contribution in [1.82, 2.24) is 5.32 Å². The van der Waals surface area contributed by atoms with E-state index in [-0.39, 0.29) is 16.9 Å². The maximum absolute atomic E-state index is 11.8. The molecule has 1 amide bonds. The minimum atomic E-state index is -0.817. The average molecular weight is 248 g/mol. The first-order valence-corrected chi connectivity index (χ1v) is 6.11. The Hall–Kier alpha value is -1.91. The number of carbonyl (C=O) groups excluding carboxylic acids is 1. The number of nitrogens with one attached hydrogen (secondary N) is 1. The molecule has 5 nitrogen and oxygen atoms in total. The highest BCUT2D eigenvalue weighted by Crippen LogP contribution is 2.25. The summed E-state index contributed by atoms with van der Waals surface area (Å²) in [5, 5.41) is 13.9. The topological polar surface area (TPSA) is 72.2 Å². The van der Waals surface area contributed by atoms with Crippen molar-refractivity contribution in [3.8, 4) is 0 Å². The van der Waals surface area contributed by atoms with Gasteiger partial charge < -0.3 is 5.32 Å². The lowest BCUT2D eigenvalue weighted by Gasteiger charge is -2.13. The van der Waals surface area contributed by atoms with Crippen LogP contribution in [0.4, 0.5) is 0 Å². The molecule has 0 radical (unpaired) electrons. The second-order valence-electron chi connectivity index (χ2n) is 4.60. The van der Waals surface area contributed by atoms with Crippen LogP contribution in [-0.2, 0) is 11.2 Å². The van der Waals surface area contributed by atoms with Gasteiger partial charge in [-0.3, -0.25) is 14.9 Å². The van der Waals surface area contributed by atoms with Gasteiger partial charge in [-0.15, -0.1) is 0 Å². The molecule has 5 heteroatoms. The molecule has 1 saturated heterocycles. The molecule has 1 aromatic rings. The van der Waals surface area contributed by atoms with Crippen LogP contribution in [0.2, 0.25) is 0 Å². The van der Waals surface area contributed by atoms with Crippen LogP contribution in [0.25, 0.3) is 0 Å². The van der Waals surface area contributed by atoms with E-state index >= 15 is 0 Å². The number of nitro groups is 1. The highest BCUT2D eigenvalue weighted by atomic mass is 16.6. The zero-order valence-corrected chi connectivity index (χ0v) is 10.2. The molecule has 1 N–H and O–H groups in total. The van der Waals surface area contributed by atoms with Crippen LogP contribution in [0.3, 0.4) is 0 Å². The molecule has 0 bridgehead atoms. The quantitative estimate of drug-likeness (QED) is 0.646. The lowest BCUT2D eigenvalue weighted by atomic mass is 9.91. The fourth-order valence-electron chi connectivity index (χ4n) is 2.53. The minimum Gasteiger partial charge on any atom is -0.346 e. The Morgan fingerprint density at radius 3 is 2.56 bits per heavy atom. The molecule has 1 heterocycles. The number of nitrogens with zero attached hydrogens (tertiary/aromatic N) is 1. The highest BCUT2D eigenvalue weighted by Gasteiger charge is 2.49. The summed E-state index contributed by atoms with van der Waals surface area (Å²) in [6.45, 7) is 1.85. The van der Waals surface area contributed by atoms with Gasteiger partial charge in [-0.1, -0.05) is 37.3 Å². The van der Waals surface area contributed by atoms with Crippen LogP contribution in [0.1, 0.15) is 18.9 Å². The van der Waals surface area contributed by atoms with Gasteiger partial charge in [-0.2, -0.15) is 0 Å². The number of hydrogen-bond donors (Lipinski definition) is 1. The molecule has 0 spiro atoms. The normalized spacial score (nSPS) is 26.9. The Bertz CT molecular complexity index is 447. The molecule has 2 rings (SSSR count). The van der Waals surface area contributed by atoms with Gasteiger partial charge in [0.25, 0.3) is 0 Å². The Morgan fingerprint density at radius 2 is 2.00 bits per heavy atom. The van der Waals surface area contributed by atoms with E-state index in [2.05, 4.69) is 5.32 Å². The number of benzene rings is 1. The van der Waals surface area contributed by atoms with E-state index in [1.54, 1.807) is 0 Å². The lowest BCUT2D eigenvalue weighted by Crippen LogP contribution is -2.37. The summed E-state index contributed by atoms with van der Waals surface area (Å²) in [4.78, 5) is 22.7. The lowest BCUT2D eigenvalue weighted by molar-refractivity contribution is -0.530. The molecule has 1 fully saturated rings. The van der Waals surface area contributed by atoms with Crippen LogP contribution in [0.5, 0.6) is 0 Å². The van der Waals surface area contributed by atoms with Crippen molar-refractivity contribution in [3.63, 3.8) is 0 Å². The van der Waals surface area contributed by atoms with E-state index in [0.717, 1.165) is 5.56 Å². The third kappa shape index (κ3) is 2.34. The van der Waals surface area contributed by atoms with Crippen LogP contribution in [-0.4, -0.2) is 22.9 Å². The van der Waals surface area contributed by atoms with E-state index in [9.17, 15) is 14.9 Å². The Balaban J connectivity index is 2.19. The van der Waals surface area contributed by atoms with Crippen molar-refractivity contribution in [2.75, 3.05) is 0 Å². The van der Waals surface area contributed by atoms with Gasteiger partial charge in [-0.25, -0.2) is 0 Å². The van der Waals surface area contributed by atoms with Crippen LogP contribution in [0, 0.1) is 16.0 Å². The third-order valence-corrected chi connectivity index (χ3v) is 3.47. The van der Waals surface area contributed by atoms with Crippen molar-refractivity contribution in [2.24, 2.45) is 5.92 Å². The fourth-order valence-corrected chi connectivity index (χ4v) is 2.53. The SMILES string of the molecule is CCC1NC(=O)[C@@H](Cc2ccccc2)[C@@H]1[N+](=O)[O-]. The molecule has 1 aliphatic rings. The molecule has 18 heavy (non-hydrogen) atoms. The zero-order valence-electron chi connectivity index (χ0n) is 10.2. The molecule has 96 valence electrons. The molecule has 3 atom stereocenters. The minimum absolute atomic E-state index is 0.201. The Kier molecular flexibility index (Phi) is 3.60. The van der Waals surface area contributed by atoms with E-state index in [4.69, 9.17) is 0 Å². The van der Waals surface area contributed by atoms with Gasteiger partial charge in [-0.05, 0) is 18.4 Å². The van der Waals surface area contributed by atoms with Crippen molar-refractivity contribution in [3.05, 3.63) is 46.0 Å². The predicted octanol–water partition coefficient (Wildman–Crippen LogP) is 1.40. The highest BCUT2D eigenvalue weighted by molar-refractivity contribution is 5.82. The second-order valence-corrected chi connectivity index (χ2v) is 4.60. The van der Waals surface area contributed by atoms with Crippen molar-refractivity contribution >= 4 is 5.91 Å². The third-order valence-electron chi connectivity index (χ3n) is 3.47. The van der Waals surface area contributed by atoms with Crippen molar-refractivity contribution in [2.45, 2.75) is 31.8 Å². The van der Waals surface area contributed by atoms with E-state index in [1.807, 2.05) is 37.3 Å². The smallest absolute Gasteiger partial charge is 0.244 e. The fraction of sp³-hybridized carbons (Fsp3) is 0.462. The maximum Gasteiger partial charge on any atom is 0.244 e. The molecule has 1 unspecified atom stereocenters. The summed E-state index contributed by atoms with van der Waals surface area (Å²) in [7, 11) is 0. The molecule has 0 saturated carbocycles. The summed E-state index contributed by atoms with van der Waals surface area (Å²) in [5.41, 5.74) is 0.959. The predicted molar refractivity (Wildman–Crippen MR) is 66.6 cm³/mol. The first kappa shape index (κ1) is 12.5. The average Bonchev–Trinajstić information content (AvgIpc) is 2.67. The van der Waals surface area contributed by atoms with E-state index < -0.39 is 12.0 Å². The standard InChI is InChI=1S/C13H16N2O3/c1-2-11-12(15(17)18)10(13(16)14-11)8-9-6-4-3-5-7-9/h3-7,10-12H,2,8H2,1H3,(H,14,16)/t10-,11?,12-/m0/s1. The molecule has 0 aliphatic carbocycles. The van der Waals surface area contributed by atoms with Crippen molar-refractivity contribution in [1.29, 1.82) is 0 Å². The van der Waals surface area contributed by atoms with Crippen LogP contribution in [0.15, 0.2) is 30.3 Å². The van der Waals surface area contributed by atoms with Gasteiger partial charge in [0.2, 0.25) is 11.9 Å². The summed E-state index contributed by atoms with van der Waals surface area (Å²) in [6.07, 6.45) is 1.01. The monoisotopic (exact) mass is 248 g/mol. The maximum atomic E-state index is 11.8. The Morgan fingerprint density at radius 1 is 1.33 bits per heavy atom. The first-order valence-electron chi connectivity index (χ1n) is 6.11. The van der Waals surface area contributed by atoms with E-state index in [0.29, 0.717) is 12.8 Å².